The van der Waals surface area contributed by atoms with E-state index in [0.717, 1.165) is 30.4 Å². The van der Waals surface area contributed by atoms with Gasteiger partial charge in [0.1, 0.15) is 5.41 Å². The second kappa shape index (κ2) is 7.55. The lowest BCUT2D eigenvalue weighted by atomic mass is 9.67. The molecule has 4 heteroatoms. The molecule has 27 heavy (non-hydrogen) atoms. The lowest BCUT2D eigenvalue weighted by Crippen LogP contribution is -2.56. The molecule has 0 heterocycles. The van der Waals surface area contributed by atoms with E-state index in [1.54, 1.807) is 0 Å². The zero-order valence-corrected chi connectivity index (χ0v) is 15.5. The Labute approximate surface area is 160 Å². The Morgan fingerprint density at radius 1 is 0.889 bits per heavy atom. The van der Waals surface area contributed by atoms with Gasteiger partial charge in [0, 0.05) is 18.5 Å². The van der Waals surface area contributed by atoms with Crippen LogP contribution < -0.4 is 10.6 Å². The van der Waals surface area contributed by atoms with Crippen LogP contribution in [0.5, 0.6) is 0 Å². The van der Waals surface area contributed by atoms with Crippen molar-refractivity contribution in [3.63, 3.8) is 0 Å². The second-order valence-electron chi connectivity index (χ2n) is 7.77. The van der Waals surface area contributed by atoms with E-state index in [1.807, 2.05) is 36.4 Å². The van der Waals surface area contributed by atoms with Crippen LogP contribution in [-0.2, 0) is 9.59 Å². The summed E-state index contributed by atoms with van der Waals surface area (Å²) in [7, 11) is 0. The summed E-state index contributed by atoms with van der Waals surface area (Å²) in [5, 5.41) is 6.13. The highest BCUT2D eigenvalue weighted by Gasteiger charge is 2.51. The molecule has 0 spiro atoms. The van der Waals surface area contributed by atoms with Crippen LogP contribution in [0.25, 0.3) is 0 Å². The molecule has 0 unspecified atom stereocenters. The van der Waals surface area contributed by atoms with Gasteiger partial charge < -0.3 is 10.6 Å². The predicted molar refractivity (Wildman–Crippen MR) is 105 cm³/mol. The van der Waals surface area contributed by atoms with E-state index >= 15 is 0 Å². The van der Waals surface area contributed by atoms with Crippen molar-refractivity contribution in [2.24, 2.45) is 5.41 Å². The highest BCUT2D eigenvalue weighted by molar-refractivity contribution is 6.06. The molecule has 0 aliphatic heterocycles. The standard InChI is InChI=1S/C23H26N2O2/c26-21(23(14-7-15-23)22(27)25-19-12-13-19)24-16-20(17-8-3-1-4-9-17)18-10-5-2-6-11-18/h1-6,8-11,19-20H,7,12-16H2,(H,24,26)(H,25,27). The number of benzene rings is 2. The van der Waals surface area contributed by atoms with E-state index in [0.29, 0.717) is 19.4 Å². The lowest BCUT2D eigenvalue weighted by Gasteiger charge is -2.39. The van der Waals surface area contributed by atoms with Crippen molar-refractivity contribution in [2.75, 3.05) is 6.54 Å². The third-order valence-corrected chi connectivity index (χ3v) is 5.86. The van der Waals surface area contributed by atoms with Crippen molar-refractivity contribution in [2.45, 2.75) is 44.1 Å². The molecular weight excluding hydrogens is 336 g/mol. The van der Waals surface area contributed by atoms with Crippen LogP contribution in [0.1, 0.15) is 49.1 Å². The lowest BCUT2D eigenvalue weighted by molar-refractivity contribution is -0.149. The zero-order chi connectivity index (χ0) is 18.7. The van der Waals surface area contributed by atoms with Crippen LogP contribution in [0.4, 0.5) is 0 Å². The molecule has 0 radical (unpaired) electrons. The van der Waals surface area contributed by atoms with E-state index < -0.39 is 5.41 Å². The Bertz CT molecular complexity index is 756. The molecule has 2 aliphatic rings. The first kappa shape index (κ1) is 17.8. The summed E-state index contributed by atoms with van der Waals surface area (Å²) in [6, 6.07) is 20.7. The van der Waals surface area contributed by atoms with Crippen molar-refractivity contribution in [3.05, 3.63) is 71.8 Å². The SMILES string of the molecule is O=C(NCC(c1ccccc1)c1ccccc1)C1(C(=O)NC2CC2)CCC1. The van der Waals surface area contributed by atoms with Gasteiger partial charge >= 0.3 is 0 Å². The maximum Gasteiger partial charge on any atom is 0.235 e. The Kier molecular flexibility index (Phi) is 4.97. The van der Waals surface area contributed by atoms with E-state index in [1.165, 1.54) is 0 Å². The molecule has 0 bridgehead atoms. The van der Waals surface area contributed by atoms with Gasteiger partial charge in [0.25, 0.3) is 0 Å². The summed E-state index contributed by atoms with van der Waals surface area (Å²) < 4.78 is 0. The zero-order valence-electron chi connectivity index (χ0n) is 15.5. The number of hydrogen-bond donors (Lipinski definition) is 2. The Morgan fingerprint density at radius 3 is 1.89 bits per heavy atom. The average Bonchev–Trinajstić information content (AvgIpc) is 3.47. The molecule has 2 N–H and O–H groups in total. The van der Waals surface area contributed by atoms with Gasteiger partial charge in [0.15, 0.2) is 0 Å². The molecule has 2 saturated carbocycles. The number of amides is 2. The molecule has 2 aromatic carbocycles. The first-order valence-electron chi connectivity index (χ1n) is 9.88. The first-order valence-corrected chi connectivity index (χ1v) is 9.88. The first-order chi connectivity index (χ1) is 13.2. The molecule has 4 rings (SSSR count). The van der Waals surface area contributed by atoms with Crippen LogP contribution >= 0.6 is 0 Å². The quantitative estimate of drug-likeness (QED) is 0.742. The predicted octanol–water partition coefficient (Wildman–Crippen LogP) is 3.38. The van der Waals surface area contributed by atoms with Gasteiger partial charge in [0.2, 0.25) is 11.8 Å². The second-order valence-corrected chi connectivity index (χ2v) is 7.77. The smallest absolute Gasteiger partial charge is 0.235 e. The minimum Gasteiger partial charge on any atom is -0.354 e. The fourth-order valence-electron chi connectivity index (χ4n) is 3.80. The summed E-state index contributed by atoms with van der Waals surface area (Å²) in [6.45, 7) is 0.491. The summed E-state index contributed by atoms with van der Waals surface area (Å²) in [4.78, 5) is 25.6. The summed E-state index contributed by atoms with van der Waals surface area (Å²) in [6.07, 6.45) is 4.31. The Hall–Kier alpha value is -2.62. The largest absolute Gasteiger partial charge is 0.354 e. The Morgan fingerprint density at radius 2 is 1.44 bits per heavy atom. The molecule has 2 aliphatic carbocycles. The number of carbonyl (C=O) groups excluding carboxylic acids is 2. The average molecular weight is 362 g/mol. The molecule has 2 amide bonds. The maximum absolute atomic E-state index is 13.0. The summed E-state index contributed by atoms with van der Waals surface area (Å²) in [5.74, 6) is -0.131. The van der Waals surface area contributed by atoms with Crippen LogP contribution in [0, 0.1) is 5.41 Å². The van der Waals surface area contributed by atoms with Crippen molar-refractivity contribution in [3.8, 4) is 0 Å². The third kappa shape index (κ3) is 3.75. The fourth-order valence-corrected chi connectivity index (χ4v) is 3.80. The van der Waals surface area contributed by atoms with Crippen LogP contribution in [0.3, 0.4) is 0 Å². The summed E-state index contributed by atoms with van der Waals surface area (Å²) >= 11 is 0. The van der Waals surface area contributed by atoms with Gasteiger partial charge in [-0.25, -0.2) is 0 Å². The molecule has 2 aromatic rings. The van der Waals surface area contributed by atoms with E-state index in [-0.39, 0.29) is 23.8 Å². The molecule has 0 saturated heterocycles. The fraction of sp³-hybridized carbons (Fsp3) is 0.391. The normalized spacial score (nSPS) is 17.8. The van der Waals surface area contributed by atoms with Gasteiger partial charge in [-0.05, 0) is 36.8 Å². The van der Waals surface area contributed by atoms with E-state index in [2.05, 4.69) is 34.9 Å². The van der Waals surface area contributed by atoms with Crippen LogP contribution in [0.15, 0.2) is 60.7 Å². The van der Waals surface area contributed by atoms with Crippen molar-refractivity contribution < 1.29 is 9.59 Å². The monoisotopic (exact) mass is 362 g/mol. The van der Waals surface area contributed by atoms with Gasteiger partial charge in [-0.3, -0.25) is 9.59 Å². The van der Waals surface area contributed by atoms with Crippen LogP contribution in [0.2, 0.25) is 0 Å². The number of rotatable bonds is 7. The number of carbonyl (C=O) groups is 2. The number of nitrogens with one attached hydrogen (secondary N) is 2. The van der Waals surface area contributed by atoms with Gasteiger partial charge in [0.05, 0.1) is 0 Å². The minimum absolute atomic E-state index is 0.0694. The molecule has 140 valence electrons. The van der Waals surface area contributed by atoms with Gasteiger partial charge in [-0.1, -0.05) is 67.1 Å². The van der Waals surface area contributed by atoms with Gasteiger partial charge in [-0.15, -0.1) is 0 Å². The molecule has 4 nitrogen and oxygen atoms in total. The maximum atomic E-state index is 13.0. The Balaban J connectivity index is 1.48. The van der Waals surface area contributed by atoms with Crippen molar-refractivity contribution >= 4 is 11.8 Å². The van der Waals surface area contributed by atoms with Crippen molar-refractivity contribution in [1.82, 2.24) is 10.6 Å². The van der Waals surface area contributed by atoms with Crippen LogP contribution in [-0.4, -0.2) is 24.4 Å². The minimum atomic E-state index is -0.861. The van der Waals surface area contributed by atoms with E-state index in [9.17, 15) is 9.59 Å². The molecule has 0 aromatic heterocycles. The van der Waals surface area contributed by atoms with Crippen molar-refractivity contribution in [1.29, 1.82) is 0 Å². The summed E-state index contributed by atoms with van der Waals surface area (Å²) in [5.41, 5.74) is 1.46. The highest BCUT2D eigenvalue weighted by Crippen LogP contribution is 2.42. The highest BCUT2D eigenvalue weighted by atomic mass is 16.2. The topological polar surface area (TPSA) is 58.2 Å². The van der Waals surface area contributed by atoms with E-state index in [4.69, 9.17) is 0 Å². The number of hydrogen-bond acceptors (Lipinski definition) is 2. The molecular formula is C23H26N2O2. The molecule has 2 fully saturated rings. The third-order valence-electron chi connectivity index (χ3n) is 5.86. The molecule has 0 atom stereocenters. The van der Waals surface area contributed by atoms with Gasteiger partial charge in [-0.2, -0.15) is 0 Å².